The molecule has 0 heterocycles. The van der Waals surface area contributed by atoms with Gasteiger partial charge in [-0.1, -0.05) is 0 Å². The van der Waals surface area contributed by atoms with Gasteiger partial charge in [0.05, 0.1) is 0 Å². The fraction of sp³-hybridized carbons (Fsp3) is 0.833. The van der Waals surface area contributed by atoms with Crippen LogP contribution in [0, 0.1) is 0 Å². The molecule has 0 spiro atoms. The van der Waals surface area contributed by atoms with E-state index in [0.29, 0.717) is 0 Å². The van der Waals surface area contributed by atoms with Gasteiger partial charge in [0, 0.05) is 0 Å². The van der Waals surface area contributed by atoms with E-state index in [0.717, 1.165) is 0 Å². The molecule has 0 aromatic heterocycles. The number of hydrogen-bond acceptors (Lipinski definition) is 4. The molecule has 0 fully saturated rings. The van der Waals surface area contributed by atoms with Gasteiger partial charge in [0.1, 0.15) is 11.9 Å². The van der Waals surface area contributed by atoms with Crippen molar-refractivity contribution in [3.63, 3.8) is 0 Å². The topological polar surface area (TPSA) is 80.3 Å². The number of aliphatic carboxylic acids is 2. The van der Waals surface area contributed by atoms with Crippen molar-refractivity contribution in [1.82, 2.24) is 0 Å². The normalized spacial score (nSPS) is 15.1. The van der Waals surface area contributed by atoms with Crippen LogP contribution in [0.3, 0.4) is 0 Å². The third-order valence-electron chi connectivity index (χ3n) is 3.59. The van der Waals surface area contributed by atoms with Crippen LogP contribution in [0.2, 0.25) is 0 Å². The molecule has 0 aliphatic carbocycles. The molecule has 0 rings (SSSR count). The molecule has 0 radical (unpaired) electrons. The number of carboxylic acid groups (broad SMARTS) is 2. The minimum absolute atomic E-state index is 0. The van der Waals surface area contributed by atoms with Gasteiger partial charge in [0.25, 0.3) is 0 Å². The van der Waals surface area contributed by atoms with Gasteiger partial charge in [-0.2, -0.15) is 96.6 Å². The van der Waals surface area contributed by atoms with Crippen LogP contribution in [0.15, 0.2) is 0 Å². The molecule has 4 nitrogen and oxygen atoms in total. The summed E-state index contributed by atoms with van der Waals surface area (Å²) in [4.78, 5) is 19.0. The molecule has 0 amide bonds. The number of rotatable bonds is 8. The van der Waals surface area contributed by atoms with Crippen molar-refractivity contribution < 1.29 is 116 Å². The summed E-state index contributed by atoms with van der Waals surface area (Å²) in [6, 6.07) is 0. The minimum atomic E-state index is -7.72. The summed E-state index contributed by atoms with van der Waals surface area (Å²) in [5.74, 6) is -68.1. The number of halogens is 22. The fourth-order valence-corrected chi connectivity index (χ4v) is 1.40. The summed E-state index contributed by atoms with van der Waals surface area (Å²) in [5.41, 5.74) is 0. The Bertz CT molecular complexity index is 814. The maximum atomic E-state index is 12.4. The fourth-order valence-electron chi connectivity index (χ4n) is 1.40. The van der Waals surface area contributed by atoms with E-state index in [1.165, 1.54) is 0 Å². The Morgan fingerprint density at radius 2 is 0.487 bits per heavy atom. The van der Waals surface area contributed by atoms with Crippen LogP contribution in [-0.2, 0) is 9.59 Å². The summed E-state index contributed by atoms with van der Waals surface area (Å²) in [7, 11) is 0. The Hall–Kier alpha value is -1.34. The third kappa shape index (κ3) is 6.45. The summed E-state index contributed by atoms with van der Waals surface area (Å²) >= 11 is 0. The molecule has 39 heavy (non-hydrogen) atoms. The second-order valence-corrected chi connectivity index (χ2v) is 6.17. The quantitative estimate of drug-likeness (QED) is 0.295. The molecular formula is C12CaF22O4. The van der Waals surface area contributed by atoms with Crippen molar-refractivity contribution in [3.8, 4) is 0 Å². The molecule has 0 saturated carbocycles. The van der Waals surface area contributed by atoms with Crippen molar-refractivity contribution in [2.45, 2.75) is 59.7 Å². The van der Waals surface area contributed by atoms with Gasteiger partial charge < -0.3 is 19.8 Å². The van der Waals surface area contributed by atoms with Gasteiger partial charge >= 0.3 is 97.5 Å². The number of hydrogen-bond donors (Lipinski definition) is 0. The van der Waals surface area contributed by atoms with Crippen molar-refractivity contribution in [2.75, 3.05) is 0 Å². The molecule has 0 aliphatic heterocycles. The van der Waals surface area contributed by atoms with Crippen LogP contribution in [0.25, 0.3) is 0 Å². The zero-order valence-corrected chi connectivity index (χ0v) is 18.9. The number of alkyl halides is 22. The van der Waals surface area contributed by atoms with Crippen molar-refractivity contribution in [3.05, 3.63) is 0 Å². The molecule has 0 aromatic carbocycles. The maximum Gasteiger partial charge on any atom is 2.00 e. The monoisotopic (exact) mass is 666 g/mol. The van der Waals surface area contributed by atoms with Gasteiger partial charge in [0.15, 0.2) is 0 Å². The van der Waals surface area contributed by atoms with Crippen LogP contribution < -0.4 is 10.2 Å². The summed E-state index contributed by atoms with van der Waals surface area (Å²) in [6.45, 7) is 0. The van der Waals surface area contributed by atoms with Crippen LogP contribution in [-0.4, -0.2) is 109 Å². The molecule has 0 saturated heterocycles. The smallest absolute Gasteiger partial charge is 0.544 e. The molecule has 0 aromatic rings. The summed E-state index contributed by atoms with van der Waals surface area (Å²) in [5, 5.41) is 19.0. The predicted octanol–water partition coefficient (Wildman–Crippen LogP) is 3.30. The van der Waals surface area contributed by atoms with Crippen molar-refractivity contribution in [2.24, 2.45) is 0 Å². The molecular weight excluding hydrogens is 666 g/mol. The van der Waals surface area contributed by atoms with E-state index >= 15 is 0 Å². The van der Waals surface area contributed by atoms with Gasteiger partial charge in [0.2, 0.25) is 0 Å². The van der Waals surface area contributed by atoms with E-state index in [2.05, 4.69) is 0 Å². The molecule has 0 atom stereocenters. The van der Waals surface area contributed by atoms with Crippen LogP contribution >= 0.6 is 0 Å². The van der Waals surface area contributed by atoms with E-state index in [9.17, 15) is 116 Å². The van der Waals surface area contributed by atoms with Crippen molar-refractivity contribution in [1.29, 1.82) is 0 Å². The van der Waals surface area contributed by atoms with E-state index in [-0.39, 0.29) is 37.7 Å². The molecule has 0 unspecified atom stereocenters. The van der Waals surface area contributed by atoms with Crippen molar-refractivity contribution >= 4 is 49.7 Å². The van der Waals surface area contributed by atoms with Gasteiger partial charge in [-0.15, -0.1) is 0 Å². The van der Waals surface area contributed by atoms with E-state index in [4.69, 9.17) is 0 Å². The van der Waals surface area contributed by atoms with Crippen LogP contribution in [0.1, 0.15) is 0 Å². The Kier molecular flexibility index (Phi) is 12.0. The molecule has 0 aliphatic rings. The first-order chi connectivity index (χ1) is 15.9. The molecule has 0 N–H and O–H groups in total. The molecule has 27 heteroatoms. The largest absolute Gasteiger partial charge is 2.00 e. The number of carbonyl (C=O) groups excluding carboxylic acids is 2. The maximum absolute atomic E-state index is 12.4. The molecule has 228 valence electrons. The standard InChI is InChI=1S/2C6HF11O2.Ca/c2*7-2(8,1(18)19)3(9,10)4(11,12)5(13,14)6(15,16)17;/h2*(H,18,19);/q;;+2/p-2. The number of carbonyl (C=O) groups is 2. The van der Waals surface area contributed by atoms with Crippen LogP contribution in [0.5, 0.6) is 0 Å². The van der Waals surface area contributed by atoms with E-state index < -0.39 is 71.7 Å². The second-order valence-electron chi connectivity index (χ2n) is 6.17. The van der Waals surface area contributed by atoms with Gasteiger partial charge in [-0.05, 0) is 0 Å². The first kappa shape index (κ1) is 42.1. The Balaban J connectivity index is -0.000000648. The van der Waals surface area contributed by atoms with Crippen LogP contribution in [0.4, 0.5) is 96.6 Å². The molecule has 0 bridgehead atoms. The first-order valence-electron chi connectivity index (χ1n) is 7.47. The third-order valence-corrected chi connectivity index (χ3v) is 3.59. The predicted molar refractivity (Wildman–Crippen MR) is 67.5 cm³/mol. The second kappa shape index (κ2) is 11.2. The van der Waals surface area contributed by atoms with Gasteiger partial charge in [-0.25, -0.2) is 0 Å². The van der Waals surface area contributed by atoms with Gasteiger partial charge in [-0.3, -0.25) is 0 Å². The zero-order valence-electron chi connectivity index (χ0n) is 16.7. The minimum Gasteiger partial charge on any atom is -0.544 e. The Morgan fingerprint density at radius 1 is 0.333 bits per heavy atom. The first-order valence-corrected chi connectivity index (χ1v) is 7.47. The zero-order chi connectivity index (χ0) is 32.2. The SMILES string of the molecule is O=C([O-])C(F)(F)C(F)(F)C(F)(F)C(F)(F)C(F)(F)F.O=C([O-])C(F)(F)C(F)(F)C(F)(F)C(F)(F)C(F)(F)F.[Ca+2]. The average molecular weight is 666 g/mol. The summed E-state index contributed by atoms with van der Waals surface area (Å²) < 4.78 is 265. The van der Waals surface area contributed by atoms with E-state index in [1.807, 2.05) is 0 Å². The van der Waals surface area contributed by atoms with E-state index in [1.54, 1.807) is 0 Å². The Morgan fingerprint density at radius 3 is 0.590 bits per heavy atom. The number of carboxylic acids is 2. The Labute approximate surface area is 225 Å². The summed E-state index contributed by atoms with van der Waals surface area (Å²) in [6.07, 6.45) is -14.6. The average Bonchev–Trinajstić information content (AvgIpc) is 2.65.